The fraction of sp³-hybridized carbons (Fsp3) is 0.385. The van der Waals surface area contributed by atoms with Gasteiger partial charge in [0.2, 0.25) is 0 Å². The van der Waals surface area contributed by atoms with Crippen LogP contribution in [0.25, 0.3) is 10.9 Å². The van der Waals surface area contributed by atoms with Gasteiger partial charge in [0.15, 0.2) is 0 Å². The van der Waals surface area contributed by atoms with Crippen LogP contribution in [0.1, 0.15) is 31.0 Å². The minimum Gasteiger partial charge on any atom is -0.345 e. The van der Waals surface area contributed by atoms with Gasteiger partial charge in [0.1, 0.15) is 0 Å². The maximum atomic E-state index is 5.75. The number of aromatic nitrogens is 1. The van der Waals surface area contributed by atoms with Crippen LogP contribution in [0.2, 0.25) is 0 Å². The average molecular weight is 202 g/mol. The first-order valence-corrected chi connectivity index (χ1v) is 5.43. The second-order valence-electron chi connectivity index (χ2n) is 4.38. The van der Waals surface area contributed by atoms with Crippen molar-refractivity contribution in [1.29, 1.82) is 0 Å². The fourth-order valence-electron chi connectivity index (χ4n) is 2.02. The molecule has 1 heterocycles. The molecule has 0 spiro atoms. The van der Waals surface area contributed by atoms with Crippen LogP contribution in [0.15, 0.2) is 24.4 Å². The van der Waals surface area contributed by atoms with Crippen molar-refractivity contribution in [2.45, 2.75) is 33.4 Å². The zero-order valence-corrected chi connectivity index (χ0v) is 9.62. The molecule has 0 atom stereocenters. The summed E-state index contributed by atoms with van der Waals surface area (Å²) >= 11 is 0. The highest BCUT2D eigenvalue weighted by molar-refractivity contribution is 5.84. The van der Waals surface area contributed by atoms with E-state index in [1.54, 1.807) is 0 Å². The molecule has 2 rings (SSSR count). The average Bonchev–Trinajstić information content (AvgIpc) is 2.55. The molecule has 15 heavy (non-hydrogen) atoms. The molecule has 2 N–H and O–H groups in total. The Morgan fingerprint density at radius 1 is 1.33 bits per heavy atom. The largest absolute Gasteiger partial charge is 0.345 e. The van der Waals surface area contributed by atoms with Crippen molar-refractivity contribution in [2.24, 2.45) is 5.73 Å². The fourth-order valence-corrected chi connectivity index (χ4v) is 2.02. The van der Waals surface area contributed by atoms with E-state index >= 15 is 0 Å². The summed E-state index contributed by atoms with van der Waals surface area (Å²) in [5, 5.41) is 1.29. The third-order valence-corrected chi connectivity index (χ3v) is 2.85. The first-order chi connectivity index (χ1) is 7.13. The molecule has 80 valence electrons. The molecule has 0 aliphatic heterocycles. The van der Waals surface area contributed by atoms with Crippen LogP contribution in [0.5, 0.6) is 0 Å². The lowest BCUT2D eigenvalue weighted by molar-refractivity contribution is 0.621. The van der Waals surface area contributed by atoms with Gasteiger partial charge < -0.3 is 10.3 Å². The van der Waals surface area contributed by atoms with Gasteiger partial charge in [-0.1, -0.05) is 12.1 Å². The van der Waals surface area contributed by atoms with Crippen LogP contribution < -0.4 is 5.73 Å². The molecule has 0 aliphatic rings. The van der Waals surface area contributed by atoms with Gasteiger partial charge in [0.25, 0.3) is 0 Å². The number of benzene rings is 1. The van der Waals surface area contributed by atoms with Crippen molar-refractivity contribution in [1.82, 2.24) is 4.57 Å². The first-order valence-electron chi connectivity index (χ1n) is 5.43. The van der Waals surface area contributed by atoms with Crippen LogP contribution >= 0.6 is 0 Å². The van der Waals surface area contributed by atoms with Crippen LogP contribution in [-0.2, 0) is 6.54 Å². The Labute approximate surface area is 90.7 Å². The molecule has 0 unspecified atom stereocenters. The van der Waals surface area contributed by atoms with Gasteiger partial charge in [-0.25, -0.2) is 0 Å². The highest BCUT2D eigenvalue weighted by atomic mass is 15.0. The summed E-state index contributed by atoms with van der Waals surface area (Å²) in [6.07, 6.45) is 2.18. The molecule has 2 heteroatoms. The molecule has 1 aromatic carbocycles. The predicted molar refractivity (Wildman–Crippen MR) is 65.0 cm³/mol. The van der Waals surface area contributed by atoms with Gasteiger partial charge in [0.05, 0.1) is 0 Å². The van der Waals surface area contributed by atoms with Crippen molar-refractivity contribution < 1.29 is 0 Å². The minimum atomic E-state index is 0.481. The molecule has 0 amide bonds. The van der Waals surface area contributed by atoms with Gasteiger partial charge >= 0.3 is 0 Å². The van der Waals surface area contributed by atoms with Crippen molar-refractivity contribution in [3.8, 4) is 0 Å². The second kappa shape index (κ2) is 3.70. The summed E-state index contributed by atoms with van der Waals surface area (Å²) in [6.45, 7) is 7.13. The van der Waals surface area contributed by atoms with Gasteiger partial charge in [-0.05, 0) is 38.0 Å². The van der Waals surface area contributed by atoms with E-state index in [4.69, 9.17) is 5.73 Å². The molecule has 2 nitrogen and oxygen atoms in total. The Bertz CT molecular complexity index is 480. The van der Waals surface area contributed by atoms with E-state index in [9.17, 15) is 0 Å². The number of hydrogen-bond acceptors (Lipinski definition) is 1. The molecule has 0 fully saturated rings. The smallest absolute Gasteiger partial charge is 0.0488 e. The van der Waals surface area contributed by atoms with Crippen LogP contribution in [-0.4, -0.2) is 4.57 Å². The standard InChI is InChI=1S/C13H18N2/c1-9(2)15-8-11(7-14)12-5-4-10(3)6-13(12)15/h4-6,8-9H,7,14H2,1-3H3. The quantitative estimate of drug-likeness (QED) is 0.797. The van der Waals surface area contributed by atoms with E-state index in [1.165, 1.54) is 22.0 Å². The monoisotopic (exact) mass is 202 g/mol. The topological polar surface area (TPSA) is 30.9 Å². The molecule has 1 aromatic heterocycles. The summed E-state index contributed by atoms with van der Waals surface area (Å²) in [5.41, 5.74) is 9.58. The Balaban J connectivity index is 2.76. The second-order valence-corrected chi connectivity index (χ2v) is 4.38. The molecular weight excluding hydrogens is 184 g/mol. The van der Waals surface area contributed by atoms with E-state index in [0.717, 1.165) is 0 Å². The SMILES string of the molecule is Cc1ccc2c(CN)cn(C(C)C)c2c1. The van der Waals surface area contributed by atoms with Crippen molar-refractivity contribution >= 4 is 10.9 Å². The lowest BCUT2D eigenvalue weighted by Crippen LogP contribution is -1.99. The lowest BCUT2D eigenvalue weighted by Gasteiger charge is -2.09. The molecule has 0 aliphatic carbocycles. The predicted octanol–water partition coefficient (Wildman–Crippen LogP) is 2.99. The summed E-state index contributed by atoms with van der Waals surface area (Å²) in [6, 6.07) is 7.03. The Morgan fingerprint density at radius 2 is 2.07 bits per heavy atom. The van der Waals surface area contributed by atoms with Crippen LogP contribution in [0, 0.1) is 6.92 Å². The lowest BCUT2D eigenvalue weighted by atomic mass is 10.1. The third-order valence-electron chi connectivity index (χ3n) is 2.85. The van der Waals surface area contributed by atoms with Crippen LogP contribution in [0.4, 0.5) is 0 Å². The number of rotatable bonds is 2. The van der Waals surface area contributed by atoms with Crippen LogP contribution in [0.3, 0.4) is 0 Å². The van der Waals surface area contributed by atoms with E-state index in [2.05, 4.69) is 49.7 Å². The van der Waals surface area contributed by atoms with E-state index in [0.29, 0.717) is 12.6 Å². The summed E-state index contributed by atoms with van der Waals surface area (Å²) in [5.74, 6) is 0. The van der Waals surface area contributed by atoms with E-state index in [1.807, 2.05) is 0 Å². The maximum Gasteiger partial charge on any atom is 0.0488 e. The maximum absolute atomic E-state index is 5.75. The summed E-state index contributed by atoms with van der Waals surface area (Å²) in [4.78, 5) is 0. The molecule has 0 saturated heterocycles. The highest BCUT2D eigenvalue weighted by Gasteiger charge is 2.09. The van der Waals surface area contributed by atoms with Gasteiger partial charge in [-0.2, -0.15) is 0 Å². The summed E-state index contributed by atoms with van der Waals surface area (Å²) in [7, 11) is 0. The number of aryl methyl sites for hydroxylation is 1. The van der Waals surface area contributed by atoms with E-state index < -0.39 is 0 Å². The molecule has 0 saturated carbocycles. The Hall–Kier alpha value is -1.28. The first kappa shape index (κ1) is 10.2. The number of nitrogens with two attached hydrogens (primary N) is 1. The van der Waals surface area contributed by atoms with Crippen molar-refractivity contribution in [2.75, 3.05) is 0 Å². The van der Waals surface area contributed by atoms with Gasteiger partial charge in [0, 0.05) is 29.7 Å². The number of fused-ring (bicyclic) bond motifs is 1. The number of nitrogens with zero attached hydrogens (tertiary/aromatic N) is 1. The molecule has 0 radical (unpaired) electrons. The number of hydrogen-bond donors (Lipinski definition) is 1. The Morgan fingerprint density at radius 3 is 2.67 bits per heavy atom. The van der Waals surface area contributed by atoms with Gasteiger partial charge in [-0.3, -0.25) is 0 Å². The minimum absolute atomic E-state index is 0.481. The van der Waals surface area contributed by atoms with Gasteiger partial charge in [-0.15, -0.1) is 0 Å². The van der Waals surface area contributed by atoms with E-state index in [-0.39, 0.29) is 0 Å². The third kappa shape index (κ3) is 1.65. The molecule has 2 aromatic rings. The zero-order valence-electron chi connectivity index (χ0n) is 9.62. The molecular formula is C13H18N2. The highest BCUT2D eigenvalue weighted by Crippen LogP contribution is 2.25. The molecule has 0 bridgehead atoms. The van der Waals surface area contributed by atoms with Crippen molar-refractivity contribution in [3.05, 3.63) is 35.5 Å². The normalized spacial score (nSPS) is 11.5. The summed E-state index contributed by atoms with van der Waals surface area (Å²) < 4.78 is 2.30. The van der Waals surface area contributed by atoms with Crippen molar-refractivity contribution in [3.63, 3.8) is 0 Å². The zero-order chi connectivity index (χ0) is 11.0. The Kier molecular flexibility index (Phi) is 2.53.